The highest BCUT2D eigenvalue weighted by Gasteiger charge is 2.19. The summed E-state index contributed by atoms with van der Waals surface area (Å²) in [5.41, 5.74) is 0. The standard InChI is InChI=1S/C10H9BrN2S/c11-8-6-12-10(13-3-1-4-13)9-7(8)2-5-14-9/h2,5-6H,1,3-4H2. The molecule has 1 aliphatic rings. The van der Waals surface area contributed by atoms with Crippen LogP contribution in [-0.2, 0) is 0 Å². The molecule has 1 fully saturated rings. The van der Waals surface area contributed by atoms with E-state index in [9.17, 15) is 0 Å². The molecule has 0 bridgehead atoms. The van der Waals surface area contributed by atoms with E-state index in [1.54, 1.807) is 11.3 Å². The van der Waals surface area contributed by atoms with Crippen molar-refractivity contribution in [2.75, 3.05) is 18.0 Å². The van der Waals surface area contributed by atoms with Crippen LogP contribution < -0.4 is 4.90 Å². The van der Waals surface area contributed by atoms with E-state index < -0.39 is 0 Å². The molecule has 3 rings (SSSR count). The van der Waals surface area contributed by atoms with Crippen molar-refractivity contribution in [3.05, 3.63) is 22.1 Å². The maximum absolute atomic E-state index is 4.49. The SMILES string of the molecule is Brc1cnc(N2CCC2)c2sccc12. The maximum atomic E-state index is 4.49. The fourth-order valence-corrected chi connectivity index (χ4v) is 3.17. The van der Waals surface area contributed by atoms with Gasteiger partial charge in [0.15, 0.2) is 0 Å². The molecule has 2 nitrogen and oxygen atoms in total. The highest BCUT2D eigenvalue weighted by molar-refractivity contribution is 9.10. The Morgan fingerprint density at radius 3 is 3.00 bits per heavy atom. The Morgan fingerprint density at radius 2 is 2.29 bits per heavy atom. The Labute approximate surface area is 94.7 Å². The van der Waals surface area contributed by atoms with Crippen molar-refractivity contribution < 1.29 is 0 Å². The van der Waals surface area contributed by atoms with E-state index in [0.29, 0.717) is 0 Å². The van der Waals surface area contributed by atoms with Gasteiger partial charge < -0.3 is 4.90 Å². The van der Waals surface area contributed by atoms with Crippen LogP contribution in [0.25, 0.3) is 10.1 Å². The average molecular weight is 269 g/mol. The number of anilines is 1. The Kier molecular flexibility index (Phi) is 1.99. The quantitative estimate of drug-likeness (QED) is 0.789. The van der Waals surface area contributed by atoms with E-state index in [4.69, 9.17) is 0 Å². The van der Waals surface area contributed by atoms with Gasteiger partial charge in [-0.2, -0.15) is 0 Å². The molecule has 0 aliphatic carbocycles. The third kappa shape index (κ3) is 1.17. The average Bonchev–Trinajstić information content (AvgIpc) is 2.55. The molecule has 0 saturated carbocycles. The lowest BCUT2D eigenvalue weighted by Gasteiger charge is -2.32. The molecule has 2 aromatic heterocycles. The van der Waals surface area contributed by atoms with Gasteiger partial charge in [-0.25, -0.2) is 4.98 Å². The van der Waals surface area contributed by atoms with Crippen LogP contribution in [0.4, 0.5) is 5.82 Å². The number of hydrogen-bond acceptors (Lipinski definition) is 3. The molecular weight excluding hydrogens is 260 g/mol. The smallest absolute Gasteiger partial charge is 0.146 e. The van der Waals surface area contributed by atoms with Crippen molar-refractivity contribution in [1.82, 2.24) is 4.98 Å². The number of thiophene rings is 1. The Bertz CT molecular complexity index is 476. The van der Waals surface area contributed by atoms with E-state index >= 15 is 0 Å². The summed E-state index contributed by atoms with van der Waals surface area (Å²) < 4.78 is 2.40. The van der Waals surface area contributed by atoms with Gasteiger partial charge in [0.05, 0.1) is 4.70 Å². The van der Waals surface area contributed by atoms with Crippen molar-refractivity contribution >= 4 is 43.2 Å². The van der Waals surface area contributed by atoms with Crippen LogP contribution in [0.3, 0.4) is 0 Å². The number of aromatic nitrogens is 1. The lowest BCUT2D eigenvalue weighted by Crippen LogP contribution is -2.37. The first-order valence-electron chi connectivity index (χ1n) is 4.63. The molecule has 0 amide bonds. The summed E-state index contributed by atoms with van der Waals surface area (Å²) >= 11 is 5.30. The van der Waals surface area contributed by atoms with Crippen molar-refractivity contribution in [2.24, 2.45) is 0 Å². The summed E-state index contributed by atoms with van der Waals surface area (Å²) in [6.45, 7) is 2.31. The molecule has 0 radical (unpaired) electrons. The molecule has 1 aliphatic heterocycles. The fourth-order valence-electron chi connectivity index (χ4n) is 1.67. The minimum Gasteiger partial charge on any atom is -0.355 e. The summed E-state index contributed by atoms with van der Waals surface area (Å²) in [6.07, 6.45) is 3.20. The van der Waals surface area contributed by atoms with E-state index in [-0.39, 0.29) is 0 Å². The molecule has 0 aromatic carbocycles. The molecule has 72 valence electrons. The maximum Gasteiger partial charge on any atom is 0.146 e. The van der Waals surface area contributed by atoms with Gasteiger partial charge in [0.2, 0.25) is 0 Å². The predicted octanol–water partition coefficient (Wildman–Crippen LogP) is 3.27. The van der Waals surface area contributed by atoms with Crippen LogP contribution >= 0.6 is 27.3 Å². The van der Waals surface area contributed by atoms with Gasteiger partial charge in [-0.3, -0.25) is 0 Å². The molecule has 0 atom stereocenters. The summed E-state index contributed by atoms with van der Waals surface area (Å²) in [5, 5.41) is 3.41. The highest BCUT2D eigenvalue weighted by atomic mass is 79.9. The van der Waals surface area contributed by atoms with Crippen molar-refractivity contribution in [3.63, 3.8) is 0 Å². The zero-order valence-electron chi connectivity index (χ0n) is 7.53. The van der Waals surface area contributed by atoms with Crippen molar-refractivity contribution in [3.8, 4) is 0 Å². The largest absolute Gasteiger partial charge is 0.355 e. The monoisotopic (exact) mass is 268 g/mol. The van der Waals surface area contributed by atoms with Gasteiger partial charge in [0.25, 0.3) is 0 Å². The summed E-state index contributed by atoms with van der Waals surface area (Å²) in [5.74, 6) is 1.16. The van der Waals surface area contributed by atoms with E-state index in [2.05, 4.69) is 37.3 Å². The van der Waals surface area contributed by atoms with Crippen molar-refractivity contribution in [1.29, 1.82) is 0 Å². The summed E-state index contributed by atoms with van der Waals surface area (Å²) in [7, 11) is 0. The normalized spacial score (nSPS) is 15.9. The molecule has 0 unspecified atom stereocenters. The number of rotatable bonds is 1. The number of fused-ring (bicyclic) bond motifs is 1. The van der Waals surface area contributed by atoms with Crippen LogP contribution in [0.2, 0.25) is 0 Å². The molecule has 0 spiro atoms. The number of nitrogens with zero attached hydrogens (tertiary/aromatic N) is 2. The van der Waals surface area contributed by atoms with E-state index in [0.717, 1.165) is 23.4 Å². The zero-order valence-corrected chi connectivity index (χ0v) is 9.94. The molecular formula is C10H9BrN2S. The molecule has 14 heavy (non-hydrogen) atoms. The third-order valence-corrected chi connectivity index (χ3v) is 4.12. The van der Waals surface area contributed by atoms with Crippen molar-refractivity contribution in [2.45, 2.75) is 6.42 Å². The first kappa shape index (κ1) is 8.68. The zero-order chi connectivity index (χ0) is 9.54. The van der Waals surface area contributed by atoms with Gasteiger partial charge >= 0.3 is 0 Å². The number of halogens is 1. The minimum absolute atomic E-state index is 1.10. The number of pyridine rings is 1. The molecule has 4 heteroatoms. The lowest BCUT2D eigenvalue weighted by molar-refractivity contribution is 0.612. The van der Waals surface area contributed by atoms with Gasteiger partial charge in [-0.15, -0.1) is 11.3 Å². The molecule has 0 N–H and O–H groups in total. The van der Waals surface area contributed by atoms with Crippen LogP contribution in [0.1, 0.15) is 6.42 Å². The lowest BCUT2D eigenvalue weighted by atomic mass is 10.2. The van der Waals surface area contributed by atoms with Gasteiger partial charge in [0.1, 0.15) is 5.82 Å². The van der Waals surface area contributed by atoms with E-state index in [1.165, 1.54) is 16.5 Å². The fraction of sp³-hybridized carbons (Fsp3) is 0.300. The molecule has 1 saturated heterocycles. The van der Waals surface area contributed by atoms with E-state index in [1.807, 2.05) is 6.20 Å². The highest BCUT2D eigenvalue weighted by Crippen LogP contribution is 2.35. The second-order valence-electron chi connectivity index (χ2n) is 3.43. The number of hydrogen-bond donors (Lipinski definition) is 0. The molecule has 3 heterocycles. The predicted molar refractivity (Wildman–Crippen MR) is 64.2 cm³/mol. The van der Waals surface area contributed by atoms with Crippen LogP contribution in [0.5, 0.6) is 0 Å². The summed E-state index contributed by atoms with van der Waals surface area (Å²) in [6, 6.07) is 2.15. The first-order valence-corrected chi connectivity index (χ1v) is 6.30. The Morgan fingerprint density at radius 1 is 1.43 bits per heavy atom. The van der Waals surface area contributed by atoms with Crippen LogP contribution in [0.15, 0.2) is 22.1 Å². The van der Waals surface area contributed by atoms with Gasteiger partial charge in [-0.1, -0.05) is 0 Å². The van der Waals surface area contributed by atoms with Crippen LogP contribution in [0, 0.1) is 0 Å². The van der Waals surface area contributed by atoms with Gasteiger partial charge in [0, 0.05) is 29.1 Å². The Hall–Kier alpha value is -0.610. The first-order chi connectivity index (χ1) is 6.86. The Balaban J connectivity index is 2.23. The summed E-state index contributed by atoms with van der Waals surface area (Å²) in [4.78, 5) is 6.83. The second-order valence-corrected chi connectivity index (χ2v) is 5.20. The second kappa shape index (κ2) is 3.21. The van der Waals surface area contributed by atoms with Gasteiger partial charge in [-0.05, 0) is 33.8 Å². The topological polar surface area (TPSA) is 16.1 Å². The molecule has 2 aromatic rings. The minimum atomic E-state index is 1.10. The van der Waals surface area contributed by atoms with Crippen LogP contribution in [-0.4, -0.2) is 18.1 Å². The third-order valence-electron chi connectivity index (χ3n) is 2.58.